The summed E-state index contributed by atoms with van der Waals surface area (Å²) in [4.78, 5) is 14.1. The highest BCUT2D eigenvalue weighted by Gasteiger charge is 2.28. The molecule has 2 aliphatic rings. The van der Waals surface area contributed by atoms with Gasteiger partial charge in [-0.2, -0.15) is 0 Å². The standard InChI is InChI=1S/C18H27N3O.ClH/c1-19-18(22)16-6-4-14(5-7-16)13-21-11-8-15(9-12-21)17-3-2-10-20-17;/h4-7,15,17,20H,2-3,8-13H2,1H3,(H,19,22);1H. The summed E-state index contributed by atoms with van der Waals surface area (Å²) >= 11 is 0. The van der Waals surface area contributed by atoms with Gasteiger partial charge in [0, 0.05) is 25.2 Å². The highest BCUT2D eigenvalue weighted by Crippen LogP contribution is 2.26. The lowest BCUT2D eigenvalue weighted by atomic mass is 9.88. The number of carbonyl (C=O) groups is 1. The van der Waals surface area contributed by atoms with Crippen LogP contribution in [0.4, 0.5) is 0 Å². The molecule has 5 heteroatoms. The molecule has 1 aromatic rings. The predicted octanol–water partition coefficient (Wildman–Crippen LogP) is 2.43. The average molecular weight is 338 g/mol. The fourth-order valence-electron chi connectivity index (χ4n) is 3.79. The molecule has 0 aliphatic carbocycles. The maximum Gasteiger partial charge on any atom is 0.251 e. The number of piperidine rings is 1. The molecular weight excluding hydrogens is 310 g/mol. The topological polar surface area (TPSA) is 44.4 Å². The van der Waals surface area contributed by atoms with Crippen LogP contribution in [0.25, 0.3) is 0 Å². The summed E-state index contributed by atoms with van der Waals surface area (Å²) < 4.78 is 0. The van der Waals surface area contributed by atoms with E-state index < -0.39 is 0 Å². The van der Waals surface area contributed by atoms with Gasteiger partial charge in [-0.3, -0.25) is 9.69 Å². The number of amides is 1. The Bertz CT molecular complexity index is 491. The number of hydrogen-bond acceptors (Lipinski definition) is 3. The van der Waals surface area contributed by atoms with E-state index in [0.29, 0.717) is 0 Å². The van der Waals surface area contributed by atoms with Gasteiger partial charge in [-0.05, 0) is 68.9 Å². The zero-order chi connectivity index (χ0) is 15.4. The molecule has 4 nitrogen and oxygen atoms in total. The van der Waals surface area contributed by atoms with Crippen molar-refractivity contribution in [1.82, 2.24) is 15.5 Å². The molecule has 2 aliphatic heterocycles. The molecule has 23 heavy (non-hydrogen) atoms. The Kier molecular flexibility index (Phi) is 6.88. The van der Waals surface area contributed by atoms with Crippen LogP contribution in [0.1, 0.15) is 41.6 Å². The van der Waals surface area contributed by atoms with Crippen molar-refractivity contribution in [2.45, 2.75) is 38.3 Å². The van der Waals surface area contributed by atoms with Crippen molar-refractivity contribution < 1.29 is 4.79 Å². The molecule has 1 unspecified atom stereocenters. The molecule has 3 rings (SSSR count). The third-order valence-corrected chi connectivity index (χ3v) is 5.15. The normalized spacial score (nSPS) is 22.6. The van der Waals surface area contributed by atoms with E-state index in [-0.39, 0.29) is 18.3 Å². The minimum atomic E-state index is -0.0172. The van der Waals surface area contributed by atoms with E-state index in [1.165, 1.54) is 50.9 Å². The molecule has 0 spiro atoms. The van der Waals surface area contributed by atoms with Crippen LogP contribution in [0.2, 0.25) is 0 Å². The van der Waals surface area contributed by atoms with Gasteiger partial charge in [0.2, 0.25) is 0 Å². The van der Waals surface area contributed by atoms with Gasteiger partial charge in [0.05, 0.1) is 0 Å². The molecule has 2 N–H and O–H groups in total. The molecule has 0 bridgehead atoms. The molecule has 1 atom stereocenters. The van der Waals surface area contributed by atoms with E-state index >= 15 is 0 Å². The molecule has 0 aromatic heterocycles. The summed E-state index contributed by atoms with van der Waals surface area (Å²) in [5.41, 5.74) is 2.03. The first kappa shape index (κ1) is 18.2. The van der Waals surface area contributed by atoms with Crippen molar-refractivity contribution in [1.29, 1.82) is 0 Å². The SMILES string of the molecule is CNC(=O)c1ccc(CN2CCC(C3CCCN3)CC2)cc1.Cl. The van der Waals surface area contributed by atoms with Crippen molar-refractivity contribution in [3.8, 4) is 0 Å². The number of rotatable bonds is 4. The van der Waals surface area contributed by atoms with Crippen molar-refractivity contribution >= 4 is 18.3 Å². The minimum Gasteiger partial charge on any atom is -0.355 e. The number of carbonyl (C=O) groups excluding carboxylic acids is 1. The Morgan fingerprint density at radius 2 is 1.91 bits per heavy atom. The Balaban J connectivity index is 0.00000192. The van der Waals surface area contributed by atoms with Gasteiger partial charge >= 0.3 is 0 Å². The number of hydrogen-bond donors (Lipinski definition) is 2. The fourth-order valence-corrected chi connectivity index (χ4v) is 3.79. The predicted molar refractivity (Wildman–Crippen MR) is 96.1 cm³/mol. The third kappa shape index (κ3) is 4.69. The number of nitrogens with one attached hydrogen (secondary N) is 2. The first-order chi connectivity index (χ1) is 10.8. The van der Waals surface area contributed by atoms with Crippen molar-refractivity contribution in [3.63, 3.8) is 0 Å². The van der Waals surface area contributed by atoms with Crippen LogP contribution in [-0.2, 0) is 6.54 Å². The van der Waals surface area contributed by atoms with Crippen molar-refractivity contribution in [3.05, 3.63) is 35.4 Å². The van der Waals surface area contributed by atoms with Gasteiger partial charge < -0.3 is 10.6 Å². The summed E-state index contributed by atoms with van der Waals surface area (Å²) in [6.45, 7) is 4.60. The number of halogens is 1. The highest BCUT2D eigenvalue weighted by atomic mass is 35.5. The Hall–Kier alpha value is -1.10. The van der Waals surface area contributed by atoms with Gasteiger partial charge in [0.15, 0.2) is 0 Å². The van der Waals surface area contributed by atoms with Gasteiger partial charge in [0.1, 0.15) is 0 Å². The van der Waals surface area contributed by atoms with Crippen LogP contribution in [0.15, 0.2) is 24.3 Å². The fraction of sp³-hybridized carbons (Fsp3) is 0.611. The van der Waals surface area contributed by atoms with Crippen LogP contribution >= 0.6 is 12.4 Å². The van der Waals surface area contributed by atoms with Crippen LogP contribution in [-0.4, -0.2) is 43.5 Å². The van der Waals surface area contributed by atoms with Gasteiger partial charge in [-0.25, -0.2) is 0 Å². The van der Waals surface area contributed by atoms with Crippen LogP contribution < -0.4 is 10.6 Å². The molecule has 2 heterocycles. The minimum absolute atomic E-state index is 0. The number of benzene rings is 1. The van der Waals surface area contributed by atoms with E-state index in [1.54, 1.807) is 7.05 Å². The molecule has 2 saturated heterocycles. The molecule has 1 aromatic carbocycles. The molecule has 1 amide bonds. The highest BCUT2D eigenvalue weighted by molar-refractivity contribution is 5.93. The lowest BCUT2D eigenvalue weighted by molar-refractivity contribution is 0.0963. The molecule has 128 valence electrons. The summed E-state index contributed by atoms with van der Waals surface area (Å²) in [6, 6.07) is 8.77. The second kappa shape index (κ2) is 8.67. The second-order valence-electron chi connectivity index (χ2n) is 6.59. The zero-order valence-corrected chi connectivity index (χ0v) is 14.7. The van der Waals surface area contributed by atoms with Gasteiger partial charge in [0.25, 0.3) is 5.91 Å². The van der Waals surface area contributed by atoms with E-state index in [0.717, 1.165) is 24.1 Å². The maximum atomic E-state index is 11.5. The lowest BCUT2D eigenvalue weighted by Gasteiger charge is -2.34. The van der Waals surface area contributed by atoms with Crippen LogP contribution in [0, 0.1) is 5.92 Å². The number of nitrogens with zero attached hydrogens (tertiary/aromatic N) is 1. The van der Waals surface area contributed by atoms with Crippen LogP contribution in [0.5, 0.6) is 0 Å². The van der Waals surface area contributed by atoms with Gasteiger partial charge in [-0.1, -0.05) is 12.1 Å². The lowest BCUT2D eigenvalue weighted by Crippen LogP contribution is -2.40. The molecule has 2 fully saturated rings. The quantitative estimate of drug-likeness (QED) is 0.887. The first-order valence-corrected chi connectivity index (χ1v) is 8.53. The average Bonchev–Trinajstić information content (AvgIpc) is 3.10. The van der Waals surface area contributed by atoms with E-state index in [2.05, 4.69) is 27.7 Å². The van der Waals surface area contributed by atoms with Gasteiger partial charge in [-0.15, -0.1) is 12.4 Å². The molecule has 0 saturated carbocycles. The Morgan fingerprint density at radius 1 is 1.22 bits per heavy atom. The summed E-state index contributed by atoms with van der Waals surface area (Å²) in [5.74, 6) is 0.853. The van der Waals surface area contributed by atoms with Crippen molar-refractivity contribution in [2.24, 2.45) is 5.92 Å². The molecular formula is C18H28ClN3O. The van der Waals surface area contributed by atoms with E-state index in [4.69, 9.17) is 0 Å². The smallest absolute Gasteiger partial charge is 0.251 e. The summed E-state index contributed by atoms with van der Waals surface area (Å²) in [7, 11) is 1.67. The Labute approximate surface area is 145 Å². The van der Waals surface area contributed by atoms with E-state index in [9.17, 15) is 4.79 Å². The van der Waals surface area contributed by atoms with E-state index in [1.807, 2.05) is 12.1 Å². The maximum absolute atomic E-state index is 11.5. The summed E-state index contributed by atoms with van der Waals surface area (Å²) in [5, 5.41) is 6.32. The monoisotopic (exact) mass is 337 g/mol. The largest absolute Gasteiger partial charge is 0.355 e. The summed E-state index contributed by atoms with van der Waals surface area (Å²) in [6.07, 6.45) is 5.34. The zero-order valence-electron chi connectivity index (χ0n) is 13.9. The van der Waals surface area contributed by atoms with Crippen LogP contribution in [0.3, 0.4) is 0 Å². The molecule has 0 radical (unpaired) electrons. The Morgan fingerprint density at radius 3 is 2.48 bits per heavy atom. The van der Waals surface area contributed by atoms with Crippen molar-refractivity contribution in [2.75, 3.05) is 26.7 Å². The second-order valence-corrected chi connectivity index (χ2v) is 6.59. The number of likely N-dealkylation sites (tertiary alicyclic amines) is 1. The third-order valence-electron chi connectivity index (χ3n) is 5.15. The first-order valence-electron chi connectivity index (χ1n) is 8.53.